The maximum atomic E-state index is 14.5. The molecule has 2 rings (SSSR count). The monoisotopic (exact) mass is 468 g/mol. The van der Waals surface area contributed by atoms with Crippen LogP contribution in [0.4, 0.5) is 4.39 Å². The fraction of sp³-hybridized carbons (Fsp3) is 0.517. The summed E-state index contributed by atoms with van der Waals surface area (Å²) in [5.41, 5.74) is 2.09. The molecule has 2 atom stereocenters. The zero-order valence-corrected chi connectivity index (χ0v) is 21.7. The molecule has 0 heterocycles. The summed E-state index contributed by atoms with van der Waals surface area (Å²) >= 11 is 0. The molecule has 5 heteroatoms. The highest BCUT2D eigenvalue weighted by atomic mass is 19.1. The first-order chi connectivity index (χ1) is 16.1. The average Bonchev–Trinajstić information content (AvgIpc) is 2.81. The molecular weight excluding hydrogens is 427 g/mol. The molecule has 0 bridgehead atoms. The minimum Gasteiger partial charge on any atom is -0.355 e. The van der Waals surface area contributed by atoms with E-state index in [1.165, 1.54) is 11.6 Å². The highest BCUT2D eigenvalue weighted by Gasteiger charge is 2.29. The zero-order valence-electron chi connectivity index (χ0n) is 21.7. The normalized spacial score (nSPS) is 13.5. The molecule has 34 heavy (non-hydrogen) atoms. The van der Waals surface area contributed by atoms with Crippen molar-refractivity contribution in [2.45, 2.75) is 72.8 Å². The van der Waals surface area contributed by atoms with Crippen LogP contribution >= 0.6 is 0 Å². The van der Waals surface area contributed by atoms with Crippen molar-refractivity contribution in [2.75, 3.05) is 19.6 Å². The van der Waals surface area contributed by atoms with Gasteiger partial charge in [-0.15, -0.1) is 0 Å². The molecule has 4 nitrogen and oxygen atoms in total. The lowest BCUT2D eigenvalue weighted by molar-refractivity contribution is -0.122. The molecule has 2 aromatic carbocycles. The van der Waals surface area contributed by atoms with Crippen LogP contribution < -0.4 is 5.32 Å². The molecule has 0 radical (unpaired) electrons. The molecule has 0 fully saturated rings. The zero-order chi connectivity index (χ0) is 25.3. The summed E-state index contributed by atoms with van der Waals surface area (Å²) in [6.45, 7) is 14.6. The Hall–Kier alpha value is -2.53. The van der Waals surface area contributed by atoms with E-state index in [2.05, 4.69) is 57.0 Å². The molecule has 1 amide bonds. The molecule has 0 aliphatic carbocycles. The van der Waals surface area contributed by atoms with E-state index in [4.69, 9.17) is 0 Å². The van der Waals surface area contributed by atoms with E-state index in [0.717, 1.165) is 18.7 Å². The Labute approximate surface area is 204 Å². The number of nitrogens with zero attached hydrogens (tertiary/aromatic N) is 1. The highest BCUT2D eigenvalue weighted by molar-refractivity contribution is 5.96. The maximum Gasteiger partial charge on any atom is 0.220 e. The first-order valence-electron chi connectivity index (χ1n) is 12.5. The number of nitrogens with one attached hydrogen (secondary N) is 1. The van der Waals surface area contributed by atoms with E-state index in [1.54, 1.807) is 13.0 Å². The summed E-state index contributed by atoms with van der Waals surface area (Å²) in [6.07, 6.45) is 1.30. The molecule has 0 unspecified atom stereocenters. The number of ketones is 1. The van der Waals surface area contributed by atoms with Crippen LogP contribution in [0.3, 0.4) is 0 Å². The largest absolute Gasteiger partial charge is 0.355 e. The second-order valence-corrected chi connectivity index (χ2v) is 10.0. The molecule has 0 aliphatic rings. The quantitative estimate of drug-likeness (QED) is 0.388. The van der Waals surface area contributed by atoms with Crippen molar-refractivity contribution in [3.8, 4) is 0 Å². The summed E-state index contributed by atoms with van der Waals surface area (Å²) in [5, 5.41) is 3.15. The number of halogens is 1. The fourth-order valence-corrected chi connectivity index (χ4v) is 4.54. The lowest BCUT2D eigenvalue weighted by Crippen LogP contribution is -2.45. The summed E-state index contributed by atoms with van der Waals surface area (Å²) in [6, 6.07) is 15.1. The second-order valence-electron chi connectivity index (χ2n) is 10.0. The average molecular weight is 469 g/mol. The van der Waals surface area contributed by atoms with E-state index in [9.17, 15) is 14.0 Å². The van der Waals surface area contributed by atoms with Gasteiger partial charge in [-0.2, -0.15) is 0 Å². The van der Waals surface area contributed by atoms with E-state index in [1.807, 2.05) is 24.3 Å². The number of hydrogen-bond acceptors (Lipinski definition) is 3. The first-order valence-corrected chi connectivity index (χ1v) is 12.5. The van der Waals surface area contributed by atoms with Crippen molar-refractivity contribution in [2.24, 2.45) is 5.41 Å². The summed E-state index contributed by atoms with van der Waals surface area (Å²) in [4.78, 5) is 27.2. The fourth-order valence-electron chi connectivity index (χ4n) is 4.54. The SMILES string of the molecule is CCC(=O)c1ccc(C[C@@H](CNC(=O)C[C@@H](c2ccccc2)C(C)(C)C)N(CC)CC)cc1F. The number of amides is 1. The van der Waals surface area contributed by atoms with Crippen LogP contribution in [-0.4, -0.2) is 42.3 Å². The van der Waals surface area contributed by atoms with Crippen molar-refractivity contribution < 1.29 is 14.0 Å². The lowest BCUT2D eigenvalue weighted by Gasteiger charge is -2.32. The molecule has 0 spiro atoms. The number of Topliss-reactive ketones (excluding diaryl/α,β-unsaturated/α-hetero) is 1. The van der Waals surface area contributed by atoms with Gasteiger partial charge in [0.1, 0.15) is 5.82 Å². The third-order valence-electron chi connectivity index (χ3n) is 6.63. The molecule has 0 saturated carbocycles. The number of likely N-dealkylation sites (N-methyl/N-ethyl adjacent to an activating group) is 1. The number of benzene rings is 2. The van der Waals surface area contributed by atoms with Gasteiger partial charge in [0.2, 0.25) is 5.91 Å². The minimum absolute atomic E-state index is 0.0241. The van der Waals surface area contributed by atoms with Gasteiger partial charge in [0.25, 0.3) is 0 Å². The summed E-state index contributed by atoms with van der Waals surface area (Å²) < 4.78 is 14.5. The maximum absolute atomic E-state index is 14.5. The highest BCUT2D eigenvalue weighted by Crippen LogP contribution is 2.37. The van der Waals surface area contributed by atoms with Crippen LogP contribution in [0.2, 0.25) is 0 Å². The molecule has 186 valence electrons. The van der Waals surface area contributed by atoms with Crippen LogP contribution in [0.5, 0.6) is 0 Å². The summed E-state index contributed by atoms with van der Waals surface area (Å²) in [5.74, 6) is -0.527. The van der Waals surface area contributed by atoms with Crippen molar-refractivity contribution in [1.29, 1.82) is 0 Å². The smallest absolute Gasteiger partial charge is 0.220 e. The van der Waals surface area contributed by atoms with Crippen molar-refractivity contribution in [3.63, 3.8) is 0 Å². The van der Waals surface area contributed by atoms with Gasteiger partial charge >= 0.3 is 0 Å². The van der Waals surface area contributed by atoms with Crippen LogP contribution in [0.15, 0.2) is 48.5 Å². The van der Waals surface area contributed by atoms with Gasteiger partial charge in [0, 0.05) is 25.4 Å². The molecule has 2 aromatic rings. The van der Waals surface area contributed by atoms with E-state index >= 15 is 0 Å². The Morgan fingerprint density at radius 3 is 2.18 bits per heavy atom. The van der Waals surface area contributed by atoms with E-state index < -0.39 is 5.82 Å². The number of carbonyl (C=O) groups is 2. The standard InChI is InChI=1S/C29H41FN2O2/c1-7-27(33)24-16-15-21(18-26(24)30)17-23(32(8-2)9-3)20-31-28(34)19-25(29(4,5)6)22-13-11-10-12-14-22/h10-16,18,23,25H,7-9,17,19-20H2,1-6H3,(H,31,34)/t23-,25-/m0/s1. The number of carbonyl (C=O) groups excluding carboxylic acids is 2. The van der Waals surface area contributed by atoms with Gasteiger partial charge in [-0.1, -0.05) is 77.9 Å². The van der Waals surface area contributed by atoms with Gasteiger partial charge in [0.15, 0.2) is 5.78 Å². The lowest BCUT2D eigenvalue weighted by atomic mass is 9.74. The van der Waals surface area contributed by atoms with Crippen molar-refractivity contribution >= 4 is 11.7 Å². The topological polar surface area (TPSA) is 49.4 Å². The molecule has 0 aliphatic heterocycles. The molecule has 0 aromatic heterocycles. The molecular formula is C29H41FN2O2. The predicted octanol–water partition coefficient (Wildman–Crippen LogP) is 6.01. The second kappa shape index (κ2) is 12.8. The Morgan fingerprint density at radius 1 is 1.00 bits per heavy atom. The number of hydrogen-bond donors (Lipinski definition) is 1. The van der Waals surface area contributed by atoms with Crippen LogP contribution in [-0.2, 0) is 11.2 Å². The van der Waals surface area contributed by atoms with Crippen LogP contribution in [0, 0.1) is 11.2 Å². The van der Waals surface area contributed by atoms with Crippen LogP contribution in [0.1, 0.15) is 81.8 Å². The number of rotatable bonds is 12. The van der Waals surface area contributed by atoms with Gasteiger partial charge < -0.3 is 5.32 Å². The van der Waals surface area contributed by atoms with E-state index in [0.29, 0.717) is 19.4 Å². The van der Waals surface area contributed by atoms with Gasteiger partial charge in [-0.3, -0.25) is 14.5 Å². The Kier molecular flexibility index (Phi) is 10.4. The Morgan fingerprint density at radius 2 is 1.65 bits per heavy atom. The predicted molar refractivity (Wildman–Crippen MR) is 138 cm³/mol. The third-order valence-corrected chi connectivity index (χ3v) is 6.63. The van der Waals surface area contributed by atoms with Crippen LogP contribution in [0.25, 0.3) is 0 Å². The minimum atomic E-state index is -0.470. The van der Waals surface area contributed by atoms with Gasteiger partial charge in [0.05, 0.1) is 5.56 Å². The van der Waals surface area contributed by atoms with Crippen molar-refractivity contribution in [3.05, 3.63) is 71.0 Å². The van der Waals surface area contributed by atoms with Gasteiger partial charge in [-0.25, -0.2) is 4.39 Å². The Bertz CT molecular complexity index is 933. The third kappa shape index (κ3) is 7.76. The summed E-state index contributed by atoms with van der Waals surface area (Å²) in [7, 11) is 0. The first kappa shape index (κ1) is 27.7. The molecule has 1 N–H and O–H groups in total. The van der Waals surface area contributed by atoms with E-state index in [-0.39, 0.29) is 41.0 Å². The molecule has 0 saturated heterocycles. The Balaban J connectivity index is 2.12. The van der Waals surface area contributed by atoms with Gasteiger partial charge in [-0.05, 0) is 54.1 Å². The van der Waals surface area contributed by atoms with Crippen molar-refractivity contribution in [1.82, 2.24) is 10.2 Å².